The van der Waals surface area contributed by atoms with Crippen molar-refractivity contribution in [2.75, 3.05) is 46.9 Å². The van der Waals surface area contributed by atoms with Crippen molar-refractivity contribution < 1.29 is 27.8 Å². The summed E-state index contributed by atoms with van der Waals surface area (Å²) in [4.78, 5) is 4.15. The van der Waals surface area contributed by atoms with Crippen molar-refractivity contribution in [2.24, 2.45) is 0 Å². The zero-order valence-corrected chi connectivity index (χ0v) is 13.8. The second-order valence-corrected chi connectivity index (χ2v) is 6.15. The molecule has 1 heterocycles. The topological polar surface area (TPSA) is 45.2 Å². The molecule has 1 aliphatic heterocycles. The van der Waals surface area contributed by atoms with Crippen LogP contribution in [0, 0.1) is 0 Å². The molecule has 2 rings (SSSR count). The Morgan fingerprint density at radius 2 is 2.00 bits per heavy atom. The fourth-order valence-electron chi connectivity index (χ4n) is 2.71. The summed E-state index contributed by atoms with van der Waals surface area (Å²) in [6.07, 6.45) is -5.40. The van der Waals surface area contributed by atoms with Crippen molar-refractivity contribution in [1.29, 1.82) is 0 Å². The molecule has 5 nitrogen and oxygen atoms in total. The van der Waals surface area contributed by atoms with Gasteiger partial charge in [-0.1, -0.05) is 12.1 Å². The molecule has 0 spiro atoms. The number of ether oxygens (including phenoxy) is 2. The molecule has 1 fully saturated rings. The first-order chi connectivity index (χ1) is 11.2. The van der Waals surface area contributed by atoms with Crippen molar-refractivity contribution in [3.05, 3.63) is 29.8 Å². The summed E-state index contributed by atoms with van der Waals surface area (Å²) in [7, 11) is 3.95. The van der Waals surface area contributed by atoms with Crippen molar-refractivity contribution in [1.82, 2.24) is 9.80 Å². The summed E-state index contributed by atoms with van der Waals surface area (Å²) in [5.74, 6) is -0.295. The van der Waals surface area contributed by atoms with E-state index in [0.29, 0.717) is 25.3 Å². The lowest BCUT2D eigenvalue weighted by Gasteiger charge is -2.35. The highest BCUT2D eigenvalue weighted by molar-refractivity contribution is 5.28. The summed E-state index contributed by atoms with van der Waals surface area (Å²) in [6, 6.07) is 5.31. The van der Waals surface area contributed by atoms with Gasteiger partial charge in [0.25, 0.3) is 0 Å². The number of alkyl halides is 3. The first-order valence-electron chi connectivity index (χ1n) is 7.75. The lowest BCUT2D eigenvalue weighted by molar-refractivity contribution is -0.274. The Labute approximate surface area is 139 Å². The average Bonchev–Trinajstić information content (AvgIpc) is 2.46. The molecule has 0 aromatic heterocycles. The molecule has 2 atom stereocenters. The van der Waals surface area contributed by atoms with Gasteiger partial charge >= 0.3 is 6.36 Å². The van der Waals surface area contributed by atoms with Crippen LogP contribution in [0.5, 0.6) is 5.75 Å². The molecule has 1 N–H and O–H groups in total. The number of likely N-dealkylation sites (N-methyl/N-ethyl adjacent to an activating group) is 1. The van der Waals surface area contributed by atoms with Gasteiger partial charge < -0.3 is 19.5 Å². The molecule has 136 valence electrons. The fourth-order valence-corrected chi connectivity index (χ4v) is 2.71. The zero-order chi connectivity index (χ0) is 17.7. The third-order valence-electron chi connectivity index (χ3n) is 3.72. The van der Waals surface area contributed by atoms with Crippen molar-refractivity contribution in [3.63, 3.8) is 0 Å². The van der Waals surface area contributed by atoms with E-state index in [0.717, 1.165) is 13.1 Å². The van der Waals surface area contributed by atoms with Gasteiger partial charge in [0.1, 0.15) is 5.75 Å². The molecular weight excluding hydrogens is 325 g/mol. The Hall–Kier alpha value is -1.35. The number of benzene rings is 1. The molecule has 1 aliphatic rings. The Balaban J connectivity index is 1.88. The van der Waals surface area contributed by atoms with E-state index in [2.05, 4.69) is 9.64 Å². The van der Waals surface area contributed by atoms with E-state index in [1.165, 1.54) is 24.3 Å². The van der Waals surface area contributed by atoms with Gasteiger partial charge in [-0.05, 0) is 31.8 Å². The second-order valence-electron chi connectivity index (χ2n) is 6.15. The number of aliphatic hydroxyl groups is 1. The van der Waals surface area contributed by atoms with Crippen LogP contribution in [0.2, 0.25) is 0 Å². The van der Waals surface area contributed by atoms with E-state index < -0.39 is 12.5 Å². The lowest BCUT2D eigenvalue weighted by atomic mass is 10.1. The van der Waals surface area contributed by atoms with Crippen LogP contribution < -0.4 is 4.74 Å². The highest BCUT2D eigenvalue weighted by Gasteiger charge is 2.31. The van der Waals surface area contributed by atoms with Gasteiger partial charge in [0.2, 0.25) is 0 Å². The van der Waals surface area contributed by atoms with Crippen LogP contribution in [0.3, 0.4) is 0 Å². The molecule has 0 radical (unpaired) electrons. The molecule has 0 amide bonds. The molecule has 1 saturated heterocycles. The molecule has 8 heteroatoms. The van der Waals surface area contributed by atoms with Crippen LogP contribution in [0.15, 0.2) is 24.3 Å². The molecule has 0 bridgehead atoms. The lowest BCUT2D eigenvalue weighted by Crippen LogP contribution is -2.47. The van der Waals surface area contributed by atoms with Gasteiger partial charge in [0.15, 0.2) is 0 Å². The fraction of sp³-hybridized carbons (Fsp3) is 0.625. The predicted molar refractivity (Wildman–Crippen MR) is 82.8 cm³/mol. The van der Waals surface area contributed by atoms with Crippen LogP contribution in [0.4, 0.5) is 13.2 Å². The van der Waals surface area contributed by atoms with Gasteiger partial charge in [-0.15, -0.1) is 13.2 Å². The van der Waals surface area contributed by atoms with Crippen molar-refractivity contribution in [3.8, 4) is 5.75 Å². The van der Waals surface area contributed by atoms with Crippen molar-refractivity contribution >= 4 is 0 Å². The minimum absolute atomic E-state index is 0.0866. The maximum absolute atomic E-state index is 12.1. The van der Waals surface area contributed by atoms with Gasteiger partial charge in [-0.3, -0.25) is 4.90 Å². The van der Waals surface area contributed by atoms with Crippen LogP contribution in [0.1, 0.15) is 11.7 Å². The maximum atomic E-state index is 12.1. The third kappa shape index (κ3) is 6.27. The highest BCUT2D eigenvalue weighted by Crippen LogP contribution is 2.25. The number of rotatable bonds is 6. The van der Waals surface area contributed by atoms with Crippen molar-refractivity contribution in [2.45, 2.75) is 18.6 Å². The van der Waals surface area contributed by atoms with Crippen LogP contribution in [-0.2, 0) is 4.74 Å². The summed E-state index contributed by atoms with van der Waals surface area (Å²) in [5, 5.41) is 10.3. The van der Waals surface area contributed by atoms with E-state index in [-0.39, 0.29) is 11.9 Å². The normalized spacial score (nSPS) is 21.0. The average molecular weight is 348 g/mol. The second kappa shape index (κ2) is 8.15. The summed E-state index contributed by atoms with van der Waals surface area (Å²) >= 11 is 0. The van der Waals surface area contributed by atoms with Gasteiger partial charge in [-0.2, -0.15) is 0 Å². The van der Waals surface area contributed by atoms with Gasteiger partial charge in [-0.25, -0.2) is 0 Å². The number of β-amino-alcohol motifs (C(OH)–C–C–N with tert-alkyl or cyclic N) is 1. The van der Waals surface area contributed by atoms with E-state index in [1.807, 2.05) is 19.0 Å². The first kappa shape index (κ1) is 19.0. The Kier molecular flexibility index (Phi) is 6.45. The maximum Gasteiger partial charge on any atom is 0.573 e. The molecule has 1 aromatic rings. The minimum Gasteiger partial charge on any atom is -0.406 e. The number of morpholine rings is 1. The van der Waals surface area contributed by atoms with E-state index in [4.69, 9.17) is 4.74 Å². The molecule has 0 unspecified atom stereocenters. The summed E-state index contributed by atoms with van der Waals surface area (Å²) < 4.78 is 45.9. The number of hydrogen-bond acceptors (Lipinski definition) is 5. The number of hydrogen-bond donors (Lipinski definition) is 1. The van der Waals surface area contributed by atoms with E-state index in [9.17, 15) is 18.3 Å². The van der Waals surface area contributed by atoms with Crippen LogP contribution in [-0.4, -0.2) is 74.3 Å². The Morgan fingerprint density at radius 3 is 2.58 bits per heavy atom. The number of aliphatic hydroxyl groups excluding tert-OH is 1. The zero-order valence-electron chi connectivity index (χ0n) is 13.8. The quantitative estimate of drug-likeness (QED) is 0.851. The minimum atomic E-state index is -4.71. The van der Waals surface area contributed by atoms with E-state index >= 15 is 0 Å². The summed E-state index contributed by atoms with van der Waals surface area (Å²) in [6.45, 7) is 3.24. The SMILES string of the molecule is CN(C)C[C@@H]1CN(C[C@H](O)c2ccc(OC(F)(F)F)cc2)CCO1. The molecule has 1 aromatic carbocycles. The molecule has 0 aliphatic carbocycles. The Morgan fingerprint density at radius 1 is 1.33 bits per heavy atom. The highest BCUT2D eigenvalue weighted by atomic mass is 19.4. The predicted octanol–water partition coefficient (Wildman–Crippen LogP) is 1.88. The smallest absolute Gasteiger partial charge is 0.406 e. The third-order valence-corrected chi connectivity index (χ3v) is 3.72. The number of nitrogens with zero attached hydrogens (tertiary/aromatic N) is 2. The van der Waals surface area contributed by atoms with Gasteiger partial charge in [0, 0.05) is 26.2 Å². The molecule has 0 saturated carbocycles. The van der Waals surface area contributed by atoms with Crippen LogP contribution in [0.25, 0.3) is 0 Å². The summed E-state index contributed by atoms with van der Waals surface area (Å²) in [5.41, 5.74) is 0.556. The Bertz CT molecular complexity index is 508. The number of halogens is 3. The first-order valence-corrected chi connectivity index (χ1v) is 7.75. The largest absolute Gasteiger partial charge is 0.573 e. The van der Waals surface area contributed by atoms with E-state index in [1.54, 1.807) is 0 Å². The van der Waals surface area contributed by atoms with Crippen LogP contribution >= 0.6 is 0 Å². The standard InChI is InChI=1S/C16H23F3N2O3/c1-20(2)9-14-10-21(7-8-23-14)11-15(22)12-3-5-13(6-4-12)24-16(17,18)19/h3-6,14-15,22H,7-11H2,1-2H3/t14-,15+/m1/s1. The van der Waals surface area contributed by atoms with Gasteiger partial charge in [0.05, 0.1) is 18.8 Å². The molecule has 24 heavy (non-hydrogen) atoms. The monoisotopic (exact) mass is 348 g/mol. The molecular formula is C16H23F3N2O3.